The predicted molar refractivity (Wildman–Crippen MR) is 75.7 cm³/mol. The van der Waals surface area contributed by atoms with E-state index < -0.39 is 0 Å². The molecule has 0 spiro atoms. The second kappa shape index (κ2) is 7.02. The molecule has 1 unspecified atom stereocenters. The first-order valence-corrected chi connectivity index (χ1v) is 6.69. The molecule has 1 amide bonds. The van der Waals surface area contributed by atoms with Gasteiger partial charge in [0.25, 0.3) is 5.91 Å². The van der Waals surface area contributed by atoms with Gasteiger partial charge in [-0.25, -0.2) is 0 Å². The number of benzene rings is 1. The van der Waals surface area contributed by atoms with E-state index in [1.54, 1.807) is 17.0 Å². The Morgan fingerprint density at radius 2 is 2.11 bits per heavy atom. The van der Waals surface area contributed by atoms with Gasteiger partial charge < -0.3 is 14.7 Å². The Bertz CT molecular complexity index is 431. The van der Waals surface area contributed by atoms with Gasteiger partial charge in [0.05, 0.1) is 12.7 Å². The minimum Gasteiger partial charge on any atom is -0.507 e. The van der Waals surface area contributed by atoms with Crippen LogP contribution in [-0.4, -0.2) is 36.1 Å². The van der Waals surface area contributed by atoms with E-state index in [0.717, 1.165) is 6.42 Å². The number of hydrogen-bond donors (Lipinski definition) is 1. The van der Waals surface area contributed by atoms with Crippen LogP contribution in [0, 0.1) is 5.92 Å². The van der Waals surface area contributed by atoms with Crippen molar-refractivity contribution in [2.75, 3.05) is 20.2 Å². The highest BCUT2D eigenvalue weighted by Crippen LogP contribution is 2.24. The van der Waals surface area contributed by atoms with Crippen molar-refractivity contribution < 1.29 is 14.6 Å². The molecule has 0 radical (unpaired) electrons. The van der Waals surface area contributed by atoms with Crippen LogP contribution in [0.25, 0.3) is 0 Å². The van der Waals surface area contributed by atoms with E-state index in [1.165, 1.54) is 13.2 Å². The summed E-state index contributed by atoms with van der Waals surface area (Å²) in [5, 5.41) is 9.83. The minimum atomic E-state index is -0.154. The van der Waals surface area contributed by atoms with E-state index >= 15 is 0 Å². The van der Waals surface area contributed by atoms with Crippen LogP contribution in [0.5, 0.6) is 11.5 Å². The lowest BCUT2D eigenvalue weighted by Crippen LogP contribution is -2.34. The highest BCUT2D eigenvalue weighted by Gasteiger charge is 2.19. The summed E-state index contributed by atoms with van der Waals surface area (Å²) in [5.74, 6) is 0.852. The average molecular weight is 265 g/mol. The first-order valence-electron chi connectivity index (χ1n) is 6.69. The first kappa shape index (κ1) is 15.3. The molecule has 0 heterocycles. The molecule has 1 atom stereocenters. The molecule has 1 aromatic carbocycles. The Kier molecular flexibility index (Phi) is 5.67. The standard InChI is InChI=1S/C15H23NO3/c1-5-11(3)10-16(6-2)15(18)13-9-12(19-4)7-8-14(13)17/h7-9,11,17H,5-6,10H2,1-4H3. The van der Waals surface area contributed by atoms with E-state index in [2.05, 4.69) is 13.8 Å². The van der Waals surface area contributed by atoms with Gasteiger partial charge in [-0.3, -0.25) is 4.79 Å². The van der Waals surface area contributed by atoms with Crippen molar-refractivity contribution in [1.82, 2.24) is 4.90 Å². The van der Waals surface area contributed by atoms with Gasteiger partial charge in [0.2, 0.25) is 0 Å². The zero-order chi connectivity index (χ0) is 14.4. The van der Waals surface area contributed by atoms with Gasteiger partial charge >= 0.3 is 0 Å². The van der Waals surface area contributed by atoms with E-state index in [-0.39, 0.29) is 11.7 Å². The summed E-state index contributed by atoms with van der Waals surface area (Å²) in [4.78, 5) is 14.2. The average Bonchev–Trinajstić information content (AvgIpc) is 2.44. The summed E-state index contributed by atoms with van der Waals surface area (Å²) in [6, 6.07) is 4.71. The largest absolute Gasteiger partial charge is 0.507 e. The fourth-order valence-corrected chi connectivity index (χ4v) is 1.84. The number of phenols is 1. The highest BCUT2D eigenvalue weighted by molar-refractivity contribution is 5.97. The van der Waals surface area contributed by atoms with Gasteiger partial charge in [-0.2, -0.15) is 0 Å². The number of nitrogens with zero attached hydrogens (tertiary/aromatic N) is 1. The maximum absolute atomic E-state index is 12.4. The fourth-order valence-electron chi connectivity index (χ4n) is 1.84. The number of carbonyl (C=O) groups is 1. The van der Waals surface area contributed by atoms with Gasteiger partial charge in [0.15, 0.2) is 0 Å². The van der Waals surface area contributed by atoms with Crippen molar-refractivity contribution in [2.45, 2.75) is 27.2 Å². The molecule has 0 aromatic heterocycles. The van der Waals surface area contributed by atoms with Gasteiger partial charge in [0.1, 0.15) is 11.5 Å². The fraction of sp³-hybridized carbons (Fsp3) is 0.533. The van der Waals surface area contributed by atoms with Crippen LogP contribution in [0.1, 0.15) is 37.6 Å². The van der Waals surface area contributed by atoms with Crippen LogP contribution in [0.2, 0.25) is 0 Å². The van der Waals surface area contributed by atoms with Crippen molar-refractivity contribution in [3.63, 3.8) is 0 Å². The Hall–Kier alpha value is -1.71. The number of methoxy groups -OCH3 is 1. The summed E-state index contributed by atoms with van der Waals surface area (Å²) in [7, 11) is 1.54. The predicted octanol–water partition coefficient (Wildman–Crippen LogP) is 2.91. The van der Waals surface area contributed by atoms with Crippen molar-refractivity contribution in [3.8, 4) is 11.5 Å². The molecular formula is C15H23NO3. The number of ether oxygens (including phenoxy) is 1. The molecule has 0 fully saturated rings. The summed E-state index contributed by atoms with van der Waals surface area (Å²) in [6.07, 6.45) is 1.02. The Morgan fingerprint density at radius 1 is 1.42 bits per heavy atom. The molecule has 19 heavy (non-hydrogen) atoms. The maximum Gasteiger partial charge on any atom is 0.257 e. The van der Waals surface area contributed by atoms with Crippen molar-refractivity contribution in [1.29, 1.82) is 0 Å². The van der Waals surface area contributed by atoms with Gasteiger partial charge in [-0.05, 0) is 31.0 Å². The van der Waals surface area contributed by atoms with Gasteiger partial charge in [0, 0.05) is 13.1 Å². The Balaban J connectivity index is 2.96. The molecule has 0 saturated carbocycles. The number of amides is 1. The smallest absolute Gasteiger partial charge is 0.257 e. The summed E-state index contributed by atoms with van der Waals surface area (Å²) >= 11 is 0. The third-order valence-electron chi connectivity index (χ3n) is 3.33. The Labute approximate surface area is 115 Å². The third kappa shape index (κ3) is 3.88. The maximum atomic E-state index is 12.4. The Morgan fingerprint density at radius 3 is 2.63 bits per heavy atom. The van der Waals surface area contributed by atoms with Crippen LogP contribution in [-0.2, 0) is 0 Å². The molecule has 1 aromatic rings. The molecule has 106 valence electrons. The van der Waals surface area contributed by atoms with Gasteiger partial charge in [-0.1, -0.05) is 20.3 Å². The van der Waals surface area contributed by atoms with Crippen LogP contribution < -0.4 is 4.74 Å². The number of phenolic OH excluding ortho intramolecular Hbond substituents is 1. The minimum absolute atomic E-state index is 0.00611. The molecule has 0 saturated heterocycles. The normalized spacial score (nSPS) is 12.0. The quantitative estimate of drug-likeness (QED) is 0.860. The van der Waals surface area contributed by atoms with Crippen LogP contribution in [0.15, 0.2) is 18.2 Å². The number of hydrogen-bond acceptors (Lipinski definition) is 3. The number of carbonyl (C=O) groups excluding carboxylic acids is 1. The summed E-state index contributed by atoms with van der Waals surface area (Å²) < 4.78 is 5.09. The highest BCUT2D eigenvalue weighted by atomic mass is 16.5. The summed E-state index contributed by atoms with van der Waals surface area (Å²) in [5.41, 5.74) is 0.296. The molecule has 1 rings (SSSR count). The molecule has 0 aliphatic heterocycles. The van der Waals surface area contributed by atoms with Crippen molar-refractivity contribution in [2.24, 2.45) is 5.92 Å². The molecular weight excluding hydrogens is 242 g/mol. The van der Waals surface area contributed by atoms with Crippen molar-refractivity contribution >= 4 is 5.91 Å². The SMILES string of the molecule is CCC(C)CN(CC)C(=O)c1cc(OC)ccc1O. The molecule has 4 nitrogen and oxygen atoms in total. The lowest BCUT2D eigenvalue weighted by atomic mass is 10.1. The molecule has 1 N–H and O–H groups in total. The van der Waals surface area contributed by atoms with E-state index in [1.807, 2.05) is 6.92 Å². The lowest BCUT2D eigenvalue weighted by Gasteiger charge is -2.24. The van der Waals surface area contributed by atoms with Crippen LogP contribution in [0.4, 0.5) is 0 Å². The number of rotatable bonds is 6. The van der Waals surface area contributed by atoms with E-state index in [0.29, 0.717) is 30.3 Å². The van der Waals surface area contributed by atoms with Crippen LogP contribution >= 0.6 is 0 Å². The monoisotopic (exact) mass is 265 g/mol. The molecule has 0 aliphatic carbocycles. The van der Waals surface area contributed by atoms with Gasteiger partial charge in [-0.15, -0.1) is 0 Å². The molecule has 0 bridgehead atoms. The van der Waals surface area contributed by atoms with E-state index in [4.69, 9.17) is 4.74 Å². The zero-order valence-corrected chi connectivity index (χ0v) is 12.1. The van der Waals surface area contributed by atoms with Crippen molar-refractivity contribution in [3.05, 3.63) is 23.8 Å². The van der Waals surface area contributed by atoms with Crippen LogP contribution in [0.3, 0.4) is 0 Å². The summed E-state index contributed by atoms with van der Waals surface area (Å²) in [6.45, 7) is 7.48. The third-order valence-corrected chi connectivity index (χ3v) is 3.33. The second-order valence-electron chi connectivity index (χ2n) is 4.74. The molecule has 4 heteroatoms. The zero-order valence-electron chi connectivity index (χ0n) is 12.1. The first-order chi connectivity index (χ1) is 9.03. The second-order valence-corrected chi connectivity index (χ2v) is 4.74. The molecule has 0 aliphatic rings. The van der Waals surface area contributed by atoms with E-state index in [9.17, 15) is 9.90 Å². The lowest BCUT2D eigenvalue weighted by molar-refractivity contribution is 0.0737. The number of aromatic hydroxyl groups is 1. The topological polar surface area (TPSA) is 49.8 Å².